The van der Waals surface area contributed by atoms with Gasteiger partial charge in [-0.3, -0.25) is 0 Å². The van der Waals surface area contributed by atoms with Gasteiger partial charge in [0.25, 0.3) is 0 Å². The molecule has 0 saturated carbocycles. The fourth-order valence-electron chi connectivity index (χ4n) is 4.23. The van der Waals surface area contributed by atoms with E-state index in [9.17, 15) is 0 Å². The number of aryl methyl sites for hydroxylation is 2. The van der Waals surface area contributed by atoms with Crippen LogP contribution < -0.4 is 4.74 Å². The van der Waals surface area contributed by atoms with Crippen molar-refractivity contribution in [3.8, 4) is 17.0 Å². The fourth-order valence-corrected chi connectivity index (χ4v) is 4.23. The minimum Gasteiger partial charge on any atom is -0.477 e. The zero-order valence-electron chi connectivity index (χ0n) is 22.3. The van der Waals surface area contributed by atoms with E-state index < -0.39 is 0 Å². The molecule has 0 unspecified atom stereocenters. The molecule has 1 aromatic heterocycles. The second kappa shape index (κ2) is 14.3. The number of unbranched alkanes of at least 4 members (excludes halogenated alkanes) is 2. The van der Waals surface area contributed by atoms with Crippen LogP contribution in [0.1, 0.15) is 67.7 Å². The van der Waals surface area contributed by atoms with Crippen molar-refractivity contribution in [1.82, 2.24) is 9.97 Å². The van der Waals surface area contributed by atoms with Gasteiger partial charge in [-0.25, -0.2) is 4.98 Å². The summed E-state index contributed by atoms with van der Waals surface area (Å²) < 4.78 is 11.3. The number of hydrogen-bond acceptors (Lipinski definition) is 6. The van der Waals surface area contributed by atoms with Crippen molar-refractivity contribution in [3.05, 3.63) is 76.7 Å². The Hall–Kier alpha value is -3.25. The Kier molecular flexibility index (Phi) is 10.9. The van der Waals surface area contributed by atoms with Crippen molar-refractivity contribution < 1.29 is 14.3 Å². The maximum Gasteiger partial charge on any atom is 0.220 e. The molecule has 2 aromatic carbocycles. The first-order valence-electron chi connectivity index (χ1n) is 12.8. The molecule has 3 aromatic rings. The zero-order valence-corrected chi connectivity index (χ0v) is 22.3. The lowest BCUT2D eigenvalue weighted by molar-refractivity contribution is 0.183. The largest absolute Gasteiger partial charge is 0.477 e. The van der Waals surface area contributed by atoms with Gasteiger partial charge in [-0.2, -0.15) is 4.98 Å². The maximum absolute atomic E-state index is 6.18. The molecular weight excluding hydrogens is 450 g/mol. The Morgan fingerprint density at radius 2 is 1.67 bits per heavy atom. The van der Waals surface area contributed by atoms with E-state index in [1.54, 1.807) is 14.2 Å². The quantitative estimate of drug-likeness (QED) is 0.146. The summed E-state index contributed by atoms with van der Waals surface area (Å²) in [6.45, 7) is 7.47. The molecule has 0 aliphatic heterocycles. The highest BCUT2D eigenvalue weighted by Gasteiger charge is 2.16. The van der Waals surface area contributed by atoms with E-state index in [4.69, 9.17) is 19.3 Å². The Morgan fingerprint density at radius 1 is 0.917 bits per heavy atom. The lowest BCUT2D eigenvalue weighted by Crippen LogP contribution is -2.10. The van der Waals surface area contributed by atoms with E-state index in [-0.39, 0.29) is 0 Å². The average molecular weight is 490 g/mol. The maximum atomic E-state index is 6.18. The molecule has 0 radical (unpaired) electrons. The van der Waals surface area contributed by atoms with Crippen molar-refractivity contribution in [1.29, 1.82) is 0 Å². The standard InChI is InChI=1S/C30H39N3O3/c1-6-7-14-29-28(30(32-23(3)31-29)36-20-11-10-19-34-4)21-24-15-17-25(18-16-24)27-13-9-8-12-26(27)22(2)33-35-5/h8-9,12-13,15-18H,6-7,10-11,14,19-21H2,1-5H3/b33-22+. The summed E-state index contributed by atoms with van der Waals surface area (Å²) in [5.74, 6) is 1.48. The third-order valence-corrected chi connectivity index (χ3v) is 6.11. The molecule has 36 heavy (non-hydrogen) atoms. The van der Waals surface area contributed by atoms with E-state index in [1.165, 1.54) is 5.56 Å². The Balaban J connectivity index is 1.87. The molecule has 0 aliphatic rings. The van der Waals surface area contributed by atoms with E-state index in [2.05, 4.69) is 53.5 Å². The van der Waals surface area contributed by atoms with Crippen molar-refractivity contribution >= 4 is 5.71 Å². The predicted octanol–water partition coefficient (Wildman–Crippen LogP) is 6.56. The van der Waals surface area contributed by atoms with Crippen LogP contribution in [0.15, 0.2) is 53.7 Å². The van der Waals surface area contributed by atoms with E-state index >= 15 is 0 Å². The molecule has 0 aliphatic carbocycles. The lowest BCUT2D eigenvalue weighted by Gasteiger charge is -2.16. The summed E-state index contributed by atoms with van der Waals surface area (Å²) in [6.07, 6.45) is 5.78. The third kappa shape index (κ3) is 7.62. The van der Waals surface area contributed by atoms with Gasteiger partial charge in [0.15, 0.2) is 0 Å². The van der Waals surface area contributed by atoms with Crippen LogP contribution in [0.2, 0.25) is 0 Å². The predicted molar refractivity (Wildman–Crippen MR) is 146 cm³/mol. The summed E-state index contributed by atoms with van der Waals surface area (Å²) in [7, 11) is 3.30. The van der Waals surface area contributed by atoms with Gasteiger partial charge in [0.05, 0.1) is 18.0 Å². The van der Waals surface area contributed by atoms with Gasteiger partial charge >= 0.3 is 0 Å². The van der Waals surface area contributed by atoms with E-state index in [1.807, 2.05) is 26.0 Å². The molecule has 1 heterocycles. The minimum atomic E-state index is 0.623. The lowest BCUT2D eigenvalue weighted by atomic mass is 9.95. The number of benzene rings is 2. The summed E-state index contributed by atoms with van der Waals surface area (Å²) in [6, 6.07) is 17.0. The van der Waals surface area contributed by atoms with Crippen LogP contribution in [0.3, 0.4) is 0 Å². The third-order valence-electron chi connectivity index (χ3n) is 6.11. The zero-order chi connectivity index (χ0) is 25.8. The smallest absolute Gasteiger partial charge is 0.220 e. The molecular formula is C30H39N3O3. The average Bonchev–Trinajstić information content (AvgIpc) is 2.89. The normalized spacial score (nSPS) is 11.5. The number of rotatable bonds is 14. The van der Waals surface area contributed by atoms with Crippen LogP contribution >= 0.6 is 0 Å². The summed E-state index contributed by atoms with van der Waals surface area (Å²) in [5.41, 5.74) is 7.57. The summed E-state index contributed by atoms with van der Waals surface area (Å²) in [4.78, 5) is 14.5. The Bertz CT molecular complexity index is 1130. The van der Waals surface area contributed by atoms with E-state index in [0.29, 0.717) is 12.5 Å². The molecule has 192 valence electrons. The highest BCUT2D eigenvalue weighted by molar-refractivity contribution is 6.04. The van der Waals surface area contributed by atoms with Gasteiger partial charge in [0.1, 0.15) is 12.9 Å². The summed E-state index contributed by atoms with van der Waals surface area (Å²) >= 11 is 0. The van der Waals surface area contributed by atoms with Gasteiger partial charge in [-0.1, -0.05) is 67.0 Å². The fraction of sp³-hybridized carbons (Fsp3) is 0.433. The number of methoxy groups -OCH3 is 1. The van der Waals surface area contributed by atoms with Crippen molar-refractivity contribution in [3.63, 3.8) is 0 Å². The van der Waals surface area contributed by atoms with Gasteiger partial charge in [-0.05, 0) is 56.2 Å². The molecule has 0 fully saturated rings. The first-order chi connectivity index (χ1) is 17.6. The van der Waals surface area contributed by atoms with Gasteiger partial charge < -0.3 is 14.3 Å². The minimum absolute atomic E-state index is 0.623. The molecule has 6 heteroatoms. The molecule has 0 bridgehead atoms. The molecule has 3 rings (SSSR count). The highest BCUT2D eigenvalue weighted by Crippen LogP contribution is 2.28. The monoisotopic (exact) mass is 489 g/mol. The van der Waals surface area contributed by atoms with Crippen LogP contribution in [0.4, 0.5) is 0 Å². The van der Waals surface area contributed by atoms with Gasteiger partial charge in [0, 0.05) is 31.3 Å². The number of hydrogen-bond donors (Lipinski definition) is 0. The number of nitrogens with zero attached hydrogens (tertiary/aromatic N) is 3. The Labute approximate surface area is 215 Å². The second-order valence-electron chi connectivity index (χ2n) is 8.93. The van der Waals surface area contributed by atoms with Gasteiger partial charge in [-0.15, -0.1) is 0 Å². The number of ether oxygens (including phenoxy) is 2. The van der Waals surface area contributed by atoms with Crippen LogP contribution in [0.5, 0.6) is 5.88 Å². The van der Waals surface area contributed by atoms with Gasteiger partial charge in [0.2, 0.25) is 5.88 Å². The molecule has 0 spiro atoms. The molecule has 6 nitrogen and oxygen atoms in total. The van der Waals surface area contributed by atoms with Crippen molar-refractivity contribution in [2.24, 2.45) is 5.16 Å². The van der Waals surface area contributed by atoms with Crippen molar-refractivity contribution in [2.45, 2.75) is 59.3 Å². The van der Waals surface area contributed by atoms with Crippen LogP contribution in [-0.2, 0) is 22.4 Å². The van der Waals surface area contributed by atoms with Crippen LogP contribution in [0, 0.1) is 6.92 Å². The molecule has 0 atom stereocenters. The van der Waals surface area contributed by atoms with Crippen molar-refractivity contribution in [2.75, 3.05) is 27.4 Å². The van der Waals surface area contributed by atoms with E-state index in [0.717, 1.165) is 84.6 Å². The SMILES string of the molecule is CCCCc1nc(C)nc(OCCCCOC)c1Cc1ccc(-c2ccccc2/C(C)=N/OC)cc1. The van der Waals surface area contributed by atoms with Crippen LogP contribution in [-0.4, -0.2) is 43.1 Å². The highest BCUT2D eigenvalue weighted by atomic mass is 16.6. The Morgan fingerprint density at radius 3 is 2.39 bits per heavy atom. The summed E-state index contributed by atoms with van der Waals surface area (Å²) in [5, 5.41) is 4.13. The molecule has 0 amide bonds. The van der Waals surface area contributed by atoms with Crippen LogP contribution in [0.25, 0.3) is 11.1 Å². The topological polar surface area (TPSA) is 65.8 Å². The molecule has 0 saturated heterocycles. The molecule has 0 N–H and O–H groups in total. The first-order valence-corrected chi connectivity index (χ1v) is 12.8. The second-order valence-corrected chi connectivity index (χ2v) is 8.93. The number of aromatic nitrogens is 2. The number of oxime groups is 1. The first kappa shape index (κ1) is 27.3.